The second-order valence-electron chi connectivity index (χ2n) is 7.70. The van der Waals surface area contributed by atoms with Gasteiger partial charge in [0.1, 0.15) is 0 Å². The van der Waals surface area contributed by atoms with Gasteiger partial charge in [-0.2, -0.15) is 30.2 Å². The number of alkyl halides is 3. The smallest absolute Gasteiger partial charge is 0.323 e. The molecule has 3 rings (SSSR count). The van der Waals surface area contributed by atoms with E-state index in [1.165, 1.54) is 20.7 Å². The van der Waals surface area contributed by atoms with E-state index in [-0.39, 0.29) is 24.7 Å². The molecule has 1 N–H and O–H groups in total. The number of anilines is 1. The summed E-state index contributed by atoms with van der Waals surface area (Å²) in [5, 5.41) is 2.06. The van der Waals surface area contributed by atoms with Gasteiger partial charge in [0.2, 0.25) is 5.91 Å². The summed E-state index contributed by atoms with van der Waals surface area (Å²) >= 11 is 5.87. The first-order valence-electron chi connectivity index (χ1n) is 10.2. The van der Waals surface area contributed by atoms with Gasteiger partial charge < -0.3 is 5.32 Å². The van der Waals surface area contributed by atoms with Crippen LogP contribution in [0.1, 0.15) is 31.2 Å². The number of amides is 1. The molecule has 0 atom stereocenters. The maximum absolute atomic E-state index is 13.2. The van der Waals surface area contributed by atoms with Crippen LogP contribution in [0.2, 0.25) is 5.02 Å². The van der Waals surface area contributed by atoms with Crippen LogP contribution in [0, 0.1) is 0 Å². The fraction of sp³-hybridized carbons (Fsp3) is 0.632. The van der Waals surface area contributed by atoms with Crippen LogP contribution in [0.5, 0.6) is 0 Å². The highest BCUT2D eigenvalue weighted by atomic mass is 35.5. The summed E-state index contributed by atoms with van der Waals surface area (Å²) < 4.78 is 68.2. The standard InChI is InChI=1S/C19H26ClF3N4O3S/c20-16-7-5-6-15(19(21,22)23)18(16)24-17(28)14-25-10-12-27(13-11-25)31(29,30)26-8-3-1-2-4-9-26/h5-7H,1-4,8-14H2,(H,24,28). The molecule has 2 fully saturated rings. The molecule has 0 aliphatic carbocycles. The van der Waals surface area contributed by atoms with E-state index in [0.717, 1.165) is 31.7 Å². The van der Waals surface area contributed by atoms with Crippen molar-refractivity contribution in [3.63, 3.8) is 0 Å². The first-order chi connectivity index (χ1) is 14.6. The predicted molar refractivity (Wildman–Crippen MR) is 112 cm³/mol. The number of piperazine rings is 1. The SMILES string of the molecule is O=C(CN1CCN(S(=O)(=O)N2CCCCCC2)CC1)Nc1c(Cl)cccc1C(F)(F)F. The van der Waals surface area contributed by atoms with Gasteiger partial charge in [0.05, 0.1) is 22.8 Å². The summed E-state index contributed by atoms with van der Waals surface area (Å²) in [5.74, 6) is -0.637. The molecule has 2 aliphatic rings. The number of carbonyl (C=O) groups excluding carboxylic acids is 1. The van der Waals surface area contributed by atoms with Crippen LogP contribution < -0.4 is 5.32 Å². The van der Waals surface area contributed by atoms with Crippen LogP contribution in [0.25, 0.3) is 0 Å². The summed E-state index contributed by atoms with van der Waals surface area (Å²) in [6.45, 7) is 1.97. The highest BCUT2D eigenvalue weighted by Gasteiger charge is 2.36. The fourth-order valence-corrected chi connectivity index (χ4v) is 5.72. The van der Waals surface area contributed by atoms with E-state index in [1.54, 1.807) is 4.90 Å². The number of nitrogens with zero attached hydrogens (tertiary/aromatic N) is 3. The Hall–Kier alpha value is -1.40. The second kappa shape index (κ2) is 10.0. The third-order valence-electron chi connectivity index (χ3n) is 5.50. The Balaban J connectivity index is 1.56. The Morgan fingerprint density at radius 1 is 0.968 bits per heavy atom. The van der Waals surface area contributed by atoms with Gasteiger partial charge in [-0.1, -0.05) is 30.5 Å². The minimum atomic E-state index is -4.65. The van der Waals surface area contributed by atoms with Crippen LogP contribution >= 0.6 is 11.6 Å². The minimum Gasteiger partial charge on any atom is -0.323 e. The molecule has 2 saturated heterocycles. The number of carbonyl (C=O) groups is 1. The summed E-state index contributed by atoms with van der Waals surface area (Å²) in [6, 6.07) is 3.30. The Kier molecular flexibility index (Phi) is 7.85. The van der Waals surface area contributed by atoms with Crippen LogP contribution in [-0.2, 0) is 21.2 Å². The maximum atomic E-state index is 13.2. The largest absolute Gasteiger partial charge is 0.418 e. The molecule has 0 saturated carbocycles. The van der Waals surface area contributed by atoms with Crippen molar-refractivity contribution in [1.29, 1.82) is 0 Å². The fourth-order valence-electron chi connectivity index (χ4n) is 3.82. The van der Waals surface area contributed by atoms with E-state index in [1.807, 2.05) is 0 Å². The number of benzene rings is 1. The average molecular weight is 483 g/mol. The van der Waals surface area contributed by atoms with Gasteiger partial charge in [0.25, 0.3) is 10.2 Å². The Morgan fingerprint density at radius 3 is 2.13 bits per heavy atom. The van der Waals surface area contributed by atoms with Crippen LogP contribution in [-0.4, -0.2) is 73.6 Å². The molecular formula is C19H26ClF3N4O3S. The molecular weight excluding hydrogens is 457 g/mol. The number of hydrogen-bond acceptors (Lipinski definition) is 4. The Labute approximate surface area is 185 Å². The van der Waals surface area contributed by atoms with Crippen molar-refractivity contribution in [3.05, 3.63) is 28.8 Å². The number of halogens is 4. The third kappa shape index (κ3) is 6.10. The van der Waals surface area contributed by atoms with Gasteiger partial charge >= 0.3 is 6.18 Å². The lowest BCUT2D eigenvalue weighted by molar-refractivity contribution is -0.137. The average Bonchev–Trinajstić information content (AvgIpc) is 2.99. The maximum Gasteiger partial charge on any atom is 0.418 e. The zero-order valence-electron chi connectivity index (χ0n) is 17.0. The highest BCUT2D eigenvalue weighted by molar-refractivity contribution is 7.86. The molecule has 1 aromatic rings. The van der Waals surface area contributed by atoms with E-state index in [4.69, 9.17) is 11.6 Å². The van der Waals surface area contributed by atoms with Crippen molar-refractivity contribution in [1.82, 2.24) is 13.5 Å². The minimum absolute atomic E-state index is 0.153. The number of para-hydroxylation sites is 1. The summed E-state index contributed by atoms with van der Waals surface area (Å²) in [7, 11) is -3.54. The molecule has 0 radical (unpaired) electrons. The molecule has 0 bridgehead atoms. The third-order valence-corrected chi connectivity index (χ3v) is 7.85. The summed E-state index contributed by atoms with van der Waals surface area (Å²) in [6.07, 6.45) is -0.906. The molecule has 0 spiro atoms. The number of hydrogen-bond donors (Lipinski definition) is 1. The zero-order valence-corrected chi connectivity index (χ0v) is 18.6. The molecule has 12 heteroatoms. The zero-order chi connectivity index (χ0) is 22.6. The van der Waals surface area contributed by atoms with Gasteiger partial charge in [0, 0.05) is 39.3 Å². The van der Waals surface area contributed by atoms with E-state index < -0.39 is 33.5 Å². The van der Waals surface area contributed by atoms with Gasteiger partial charge in [-0.3, -0.25) is 9.69 Å². The molecule has 1 amide bonds. The number of nitrogens with one attached hydrogen (secondary N) is 1. The number of rotatable bonds is 5. The van der Waals surface area contributed by atoms with Crippen molar-refractivity contribution < 1.29 is 26.4 Å². The lowest BCUT2D eigenvalue weighted by Gasteiger charge is -2.36. The van der Waals surface area contributed by atoms with Crippen LogP contribution in [0.3, 0.4) is 0 Å². The first-order valence-corrected chi connectivity index (χ1v) is 12.0. The Bertz CT molecular complexity index is 882. The summed E-state index contributed by atoms with van der Waals surface area (Å²) in [5.41, 5.74) is -1.48. The van der Waals surface area contributed by atoms with Crippen LogP contribution in [0.4, 0.5) is 18.9 Å². The molecule has 174 valence electrons. The van der Waals surface area contributed by atoms with E-state index >= 15 is 0 Å². The van der Waals surface area contributed by atoms with Crippen molar-refractivity contribution in [2.24, 2.45) is 0 Å². The molecule has 2 heterocycles. The van der Waals surface area contributed by atoms with E-state index in [0.29, 0.717) is 26.2 Å². The van der Waals surface area contributed by atoms with Gasteiger partial charge in [-0.25, -0.2) is 0 Å². The second-order valence-corrected chi connectivity index (χ2v) is 10.0. The lowest BCUT2D eigenvalue weighted by Crippen LogP contribution is -2.54. The molecule has 31 heavy (non-hydrogen) atoms. The van der Waals surface area contributed by atoms with Gasteiger partial charge in [0.15, 0.2) is 0 Å². The normalized spacial score (nSPS) is 20.4. The van der Waals surface area contributed by atoms with E-state index in [9.17, 15) is 26.4 Å². The molecule has 2 aliphatic heterocycles. The van der Waals surface area contributed by atoms with E-state index in [2.05, 4.69) is 5.32 Å². The van der Waals surface area contributed by atoms with Crippen LogP contribution in [0.15, 0.2) is 18.2 Å². The molecule has 1 aromatic carbocycles. The summed E-state index contributed by atoms with van der Waals surface area (Å²) in [4.78, 5) is 14.1. The topological polar surface area (TPSA) is 73.0 Å². The highest BCUT2D eigenvalue weighted by Crippen LogP contribution is 2.38. The molecule has 0 aromatic heterocycles. The molecule has 0 unspecified atom stereocenters. The predicted octanol–water partition coefficient (Wildman–Crippen LogP) is 3.04. The van der Waals surface area contributed by atoms with Gasteiger partial charge in [-0.15, -0.1) is 0 Å². The monoisotopic (exact) mass is 482 g/mol. The van der Waals surface area contributed by atoms with Crippen molar-refractivity contribution >= 4 is 33.4 Å². The lowest BCUT2D eigenvalue weighted by atomic mass is 10.1. The van der Waals surface area contributed by atoms with Crippen molar-refractivity contribution in [2.45, 2.75) is 31.9 Å². The van der Waals surface area contributed by atoms with Gasteiger partial charge in [-0.05, 0) is 25.0 Å². The first kappa shape index (κ1) is 24.2. The molecule has 7 nitrogen and oxygen atoms in total. The van der Waals surface area contributed by atoms with Crippen molar-refractivity contribution in [2.75, 3.05) is 51.1 Å². The Morgan fingerprint density at radius 2 is 1.55 bits per heavy atom. The van der Waals surface area contributed by atoms with Crippen molar-refractivity contribution in [3.8, 4) is 0 Å². The quantitative estimate of drug-likeness (QED) is 0.700.